The van der Waals surface area contributed by atoms with Gasteiger partial charge in [-0.15, -0.1) is 0 Å². The number of amides is 1. The number of methoxy groups -OCH3 is 1. The lowest BCUT2D eigenvalue weighted by Gasteiger charge is -2.12. The zero-order valence-electron chi connectivity index (χ0n) is 17.8. The first-order chi connectivity index (χ1) is 15.0. The van der Waals surface area contributed by atoms with Gasteiger partial charge in [0.2, 0.25) is 5.91 Å². The zero-order chi connectivity index (χ0) is 22.2. The van der Waals surface area contributed by atoms with Crippen molar-refractivity contribution in [1.82, 2.24) is 5.43 Å². The van der Waals surface area contributed by atoms with Crippen molar-refractivity contribution >= 4 is 23.7 Å². The third-order valence-electron chi connectivity index (χ3n) is 4.78. The van der Waals surface area contributed by atoms with Crippen LogP contribution in [0.25, 0.3) is 0 Å². The van der Waals surface area contributed by atoms with Gasteiger partial charge in [0, 0.05) is 10.6 Å². The molecule has 1 amide bonds. The molecule has 0 fully saturated rings. The summed E-state index contributed by atoms with van der Waals surface area (Å²) < 4.78 is 11.3. The van der Waals surface area contributed by atoms with Gasteiger partial charge in [-0.25, -0.2) is 5.43 Å². The number of carbonyl (C=O) groups excluding carboxylic acids is 1. The fourth-order valence-electron chi connectivity index (χ4n) is 3.09. The van der Waals surface area contributed by atoms with E-state index in [1.807, 2.05) is 56.3 Å². The molecule has 0 atom stereocenters. The molecule has 0 aromatic heterocycles. The first-order valence-electron chi connectivity index (χ1n) is 9.88. The van der Waals surface area contributed by atoms with Crippen molar-refractivity contribution in [2.75, 3.05) is 7.11 Å². The second-order valence-corrected chi connectivity index (χ2v) is 7.60. The second-order valence-electron chi connectivity index (χ2n) is 7.19. The van der Waals surface area contributed by atoms with Crippen molar-refractivity contribution in [2.24, 2.45) is 5.10 Å². The van der Waals surface area contributed by atoms with Crippen molar-refractivity contribution in [3.05, 3.63) is 93.5 Å². The van der Waals surface area contributed by atoms with Crippen LogP contribution in [0.3, 0.4) is 0 Å². The SMILES string of the molecule is COc1cc(/C=N\NC(=O)Cc2ccc(C)cc2C)ccc1OCc1ccccc1Cl. The highest BCUT2D eigenvalue weighted by Gasteiger charge is 2.08. The highest BCUT2D eigenvalue weighted by atomic mass is 35.5. The van der Waals surface area contributed by atoms with Crippen molar-refractivity contribution < 1.29 is 14.3 Å². The molecule has 0 unspecified atom stereocenters. The van der Waals surface area contributed by atoms with E-state index in [4.69, 9.17) is 21.1 Å². The van der Waals surface area contributed by atoms with Crippen molar-refractivity contribution in [1.29, 1.82) is 0 Å². The Bertz CT molecular complexity index is 1100. The Balaban J connectivity index is 1.59. The molecule has 3 rings (SSSR count). The Kier molecular flexibility index (Phi) is 7.68. The van der Waals surface area contributed by atoms with E-state index >= 15 is 0 Å². The van der Waals surface area contributed by atoms with Crippen LogP contribution in [-0.2, 0) is 17.8 Å². The molecule has 0 aliphatic rings. The van der Waals surface area contributed by atoms with Crippen LogP contribution < -0.4 is 14.9 Å². The summed E-state index contributed by atoms with van der Waals surface area (Å²) >= 11 is 6.18. The molecule has 0 bridgehead atoms. The number of ether oxygens (including phenoxy) is 2. The molecular formula is C25H25ClN2O3. The summed E-state index contributed by atoms with van der Waals surface area (Å²) in [5, 5.41) is 4.71. The van der Waals surface area contributed by atoms with Crippen molar-refractivity contribution in [2.45, 2.75) is 26.9 Å². The Labute approximate surface area is 187 Å². The maximum absolute atomic E-state index is 12.2. The Morgan fingerprint density at radius 3 is 2.58 bits per heavy atom. The minimum Gasteiger partial charge on any atom is -0.493 e. The van der Waals surface area contributed by atoms with Crippen molar-refractivity contribution in [3.8, 4) is 11.5 Å². The molecule has 160 valence electrons. The van der Waals surface area contributed by atoms with E-state index in [9.17, 15) is 4.79 Å². The van der Waals surface area contributed by atoms with Crippen LogP contribution in [0.4, 0.5) is 0 Å². The topological polar surface area (TPSA) is 59.9 Å². The van der Waals surface area contributed by atoms with Crippen LogP contribution in [0.5, 0.6) is 11.5 Å². The van der Waals surface area contributed by atoms with Gasteiger partial charge in [0.15, 0.2) is 11.5 Å². The van der Waals surface area contributed by atoms with E-state index in [0.717, 1.165) is 22.3 Å². The summed E-state index contributed by atoms with van der Waals surface area (Å²) in [7, 11) is 1.57. The van der Waals surface area contributed by atoms with Crippen LogP contribution in [0.1, 0.15) is 27.8 Å². The number of aryl methyl sites for hydroxylation is 2. The Morgan fingerprint density at radius 2 is 1.84 bits per heavy atom. The highest BCUT2D eigenvalue weighted by molar-refractivity contribution is 6.31. The summed E-state index contributed by atoms with van der Waals surface area (Å²) in [6, 6.07) is 19.0. The van der Waals surface area contributed by atoms with E-state index in [-0.39, 0.29) is 12.3 Å². The number of carbonyl (C=O) groups is 1. The normalized spacial score (nSPS) is 10.8. The zero-order valence-corrected chi connectivity index (χ0v) is 18.6. The second kappa shape index (κ2) is 10.6. The maximum Gasteiger partial charge on any atom is 0.244 e. The molecule has 31 heavy (non-hydrogen) atoms. The molecule has 0 heterocycles. The first kappa shape index (κ1) is 22.4. The molecule has 0 aliphatic heterocycles. The van der Waals surface area contributed by atoms with E-state index in [1.165, 1.54) is 5.56 Å². The van der Waals surface area contributed by atoms with Gasteiger partial charge in [0.1, 0.15) is 6.61 Å². The van der Waals surface area contributed by atoms with E-state index in [0.29, 0.717) is 23.1 Å². The molecule has 0 saturated heterocycles. The molecular weight excluding hydrogens is 412 g/mol. The van der Waals surface area contributed by atoms with Gasteiger partial charge < -0.3 is 9.47 Å². The standard InChI is InChI=1S/C25H25ClN2O3/c1-17-8-10-20(18(2)12-17)14-25(29)28-27-15-19-9-11-23(24(13-19)30-3)31-16-21-6-4-5-7-22(21)26/h4-13,15H,14,16H2,1-3H3,(H,28,29)/b27-15-. The predicted octanol–water partition coefficient (Wildman–Crippen LogP) is 5.24. The molecule has 6 heteroatoms. The third kappa shape index (κ3) is 6.33. The largest absolute Gasteiger partial charge is 0.493 e. The van der Waals surface area contributed by atoms with Crippen LogP contribution in [-0.4, -0.2) is 19.2 Å². The molecule has 0 radical (unpaired) electrons. The van der Waals surface area contributed by atoms with E-state index in [1.54, 1.807) is 25.5 Å². The molecule has 3 aromatic rings. The minimum atomic E-state index is -0.171. The predicted molar refractivity (Wildman–Crippen MR) is 124 cm³/mol. The van der Waals surface area contributed by atoms with Gasteiger partial charge in [0.25, 0.3) is 0 Å². The summed E-state index contributed by atoms with van der Waals surface area (Å²) in [5.74, 6) is 0.992. The third-order valence-corrected chi connectivity index (χ3v) is 5.15. The lowest BCUT2D eigenvalue weighted by Crippen LogP contribution is -2.20. The summed E-state index contributed by atoms with van der Waals surface area (Å²) in [4.78, 5) is 12.2. The number of hydrogen-bond donors (Lipinski definition) is 1. The molecule has 0 saturated carbocycles. The smallest absolute Gasteiger partial charge is 0.244 e. The van der Waals surface area contributed by atoms with E-state index < -0.39 is 0 Å². The molecule has 1 N–H and O–H groups in total. The number of nitrogens with one attached hydrogen (secondary N) is 1. The molecule has 0 spiro atoms. The van der Waals surface area contributed by atoms with Crippen LogP contribution in [0.15, 0.2) is 65.8 Å². The number of rotatable bonds is 8. The molecule has 0 aliphatic carbocycles. The van der Waals surface area contributed by atoms with Gasteiger partial charge in [-0.2, -0.15) is 5.10 Å². The quantitative estimate of drug-likeness (QED) is 0.388. The van der Waals surface area contributed by atoms with Crippen molar-refractivity contribution in [3.63, 3.8) is 0 Å². The number of hydrogen-bond acceptors (Lipinski definition) is 4. The minimum absolute atomic E-state index is 0.171. The van der Waals surface area contributed by atoms with Gasteiger partial charge in [0.05, 0.1) is 19.7 Å². The number of benzene rings is 3. The number of hydrazone groups is 1. The lowest BCUT2D eigenvalue weighted by atomic mass is 10.0. The summed E-state index contributed by atoms with van der Waals surface area (Å²) in [6.45, 7) is 4.36. The van der Waals surface area contributed by atoms with Crippen LogP contribution >= 0.6 is 11.6 Å². The fraction of sp³-hybridized carbons (Fsp3) is 0.200. The Morgan fingerprint density at radius 1 is 1.03 bits per heavy atom. The number of halogens is 1. The van der Waals surface area contributed by atoms with Crippen LogP contribution in [0.2, 0.25) is 5.02 Å². The van der Waals surface area contributed by atoms with Gasteiger partial charge in [-0.3, -0.25) is 4.79 Å². The summed E-state index contributed by atoms with van der Waals surface area (Å²) in [6.07, 6.45) is 1.85. The summed E-state index contributed by atoms with van der Waals surface area (Å²) in [5.41, 5.74) is 7.49. The average molecular weight is 437 g/mol. The maximum atomic E-state index is 12.2. The van der Waals surface area contributed by atoms with Gasteiger partial charge >= 0.3 is 0 Å². The monoisotopic (exact) mass is 436 g/mol. The van der Waals surface area contributed by atoms with E-state index in [2.05, 4.69) is 16.6 Å². The molecule has 3 aromatic carbocycles. The molecule has 5 nitrogen and oxygen atoms in total. The number of nitrogens with zero attached hydrogens (tertiary/aromatic N) is 1. The van der Waals surface area contributed by atoms with Crippen LogP contribution in [0, 0.1) is 13.8 Å². The highest BCUT2D eigenvalue weighted by Crippen LogP contribution is 2.29. The Hall–Kier alpha value is -3.31. The first-order valence-corrected chi connectivity index (χ1v) is 10.3. The van der Waals surface area contributed by atoms with Gasteiger partial charge in [-0.1, -0.05) is 53.6 Å². The lowest BCUT2D eigenvalue weighted by molar-refractivity contribution is -0.120. The fourth-order valence-corrected chi connectivity index (χ4v) is 3.28. The van der Waals surface area contributed by atoms with Gasteiger partial charge in [-0.05, 0) is 54.8 Å². The average Bonchev–Trinajstić information content (AvgIpc) is 2.75.